The summed E-state index contributed by atoms with van der Waals surface area (Å²) in [5.41, 5.74) is 5.48. The van der Waals surface area contributed by atoms with Gasteiger partial charge in [-0.15, -0.1) is 0 Å². The van der Waals surface area contributed by atoms with Gasteiger partial charge >= 0.3 is 6.18 Å². The first-order valence-corrected chi connectivity index (χ1v) is 17.9. The molecule has 0 radical (unpaired) electrons. The maximum atomic E-state index is 13.5. The molecule has 52 heavy (non-hydrogen) atoms. The number of methoxy groups -OCH3 is 1. The van der Waals surface area contributed by atoms with Crippen molar-refractivity contribution in [2.75, 3.05) is 32.1 Å². The second kappa shape index (κ2) is 16.2. The molecule has 1 fully saturated rings. The van der Waals surface area contributed by atoms with E-state index in [4.69, 9.17) is 27.9 Å². The number of imidazole rings is 1. The first-order chi connectivity index (χ1) is 24.9. The number of amides is 2. The van der Waals surface area contributed by atoms with E-state index in [1.165, 1.54) is 0 Å². The fraction of sp³-hybridized carbons (Fsp3) is 0.405. The molecule has 2 aromatic heterocycles. The van der Waals surface area contributed by atoms with Crippen molar-refractivity contribution in [3.63, 3.8) is 0 Å². The molecule has 2 aromatic carbocycles. The van der Waals surface area contributed by atoms with Gasteiger partial charge in [0.2, 0.25) is 5.91 Å². The van der Waals surface area contributed by atoms with Crippen molar-refractivity contribution >= 4 is 40.7 Å². The molecule has 0 bridgehead atoms. The minimum atomic E-state index is -4.15. The number of ether oxygens (including phenoxy) is 1. The van der Waals surface area contributed by atoms with Gasteiger partial charge in [-0.25, -0.2) is 4.98 Å². The summed E-state index contributed by atoms with van der Waals surface area (Å²) < 4.78 is 45.1. The molecular weight excluding hydrogens is 718 g/mol. The van der Waals surface area contributed by atoms with Crippen LogP contribution in [0.2, 0.25) is 10.0 Å². The number of hydrogen-bond donors (Lipinski definition) is 3. The summed E-state index contributed by atoms with van der Waals surface area (Å²) in [6.45, 7) is 2.90. The lowest BCUT2D eigenvalue weighted by molar-refractivity contribution is -0.135. The van der Waals surface area contributed by atoms with Crippen LogP contribution in [-0.4, -0.2) is 70.2 Å². The number of carbonyl (C=O) groups is 2. The highest BCUT2D eigenvalue weighted by Crippen LogP contribution is 2.41. The van der Waals surface area contributed by atoms with Gasteiger partial charge in [0.05, 0.1) is 34.2 Å². The van der Waals surface area contributed by atoms with E-state index in [1.54, 1.807) is 43.1 Å². The first-order valence-electron chi connectivity index (χ1n) is 17.2. The number of pyridine rings is 1. The lowest BCUT2D eigenvalue weighted by atomic mass is 10.0. The Kier molecular flexibility index (Phi) is 11.7. The quantitative estimate of drug-likeness (QED) is 0.124. The van der Waals surface area contributed by atoms with Gasteiger partial charge in [0, 0.05) is 92.7 Å². The predicted octanol–water partition coefficient (Wildman–Crippen LogP) is 7.18. The number of alkyl halides is 3. The highest BCUT2D eigenvalue weighted by atomic mass is 35.5. The van der Waals surface area contributed by atoms with Gasteiger partial charge in [0.15, 0.2) is 5.82 Å². The Balaban J connectivity index is 1.15. The molecule has 10 nitrogen and oxygen atoms in total. The molecule has 4 heterocycles. The molecule has 0 unspecified atom stereocenters. The molecule has 2 amide bonds. The summed E-state index contributed by atoms with van der Waals surface area (Å²) in [5, 5.41) is 9.91. The first kappa shape index (κ1) is 37.6. The second-order valence-electron chi connectivity index (χ2n) is 13.1. The molecule has 2 aliphatic rings. The van der Waals surface area contributed by atoms with E-state index in [2.05, 4.69) is 30.8 Å². The molecule has 0 spiro atoms. The van der Waals surface area contributed by atoms with E-state index in [0.717, 1.165) is 28.9 Å². The summed E-state index contributed by atoms with van der Waals surface area (Å²) in [5.74, 6) is 0.518. The summed E-state index contributed by atoms with van der Waals surface area (Å²) in [6, 6.07) is 12.9. The Hall–Kier alpha value is -4.17. The van der Waals surface area contributed by atoms with Crippen LogP contribution in [0.4, 0.5) is 18.9 Å². The molecule has 0 aliphatic carbocycles. The van der Waals surface area contributed by atoms with Crippen LogP contribution in [0.15, 0.2) is 48.7 Å². The van der Waals surface area contributed by atoms with E-state index >= 15 is 0 Å². The van der Waals surface area contributed by atoms with Gasteiger partial charge < -0.3 is 25.3 Å². The minimum absolute atomic E-state index is 0.0804. The van der Waals surface area contributed by atoms with Crippen LogP contribution in [-0.2, 0) is 31.4 Å². The Morgan fingerprint density at radius 3 is 2.65 bits per heavy atom. The maximum Gasteiger partial charge on any atom is 0.389 e. The number of nitrogens with zero attached hydrogens (tertiary/aromatic N) is 4. The van der Waals surface area contributed by atoms with E-state index in [0.29, 0.717) is 85.3 Å². The van der Waals surface area contributed by atoms with Crippen LogP contribution in [0.5, 0.6) is 5.75 Å². The Morgan fingerprint density at radius 2 is 1.90 bits per heavy atom. The highest BCUT2D eigenvalue weighted by Gasteiger charge is 2.28. The molecule has 2 aliphatic heterocycles. The van der Waals surface area contributed by atoms with E-state index in [1.807, 2.05) is 24.3 Å². The van der Waals surface area contributed by atoms with Crippen LogP contribution >= 0.6 is 23.2 Å². The fourth-order valence-electron chi connectivity index (χ4n) is 6.75. The Labute approximate surface area is 310 Å². The normalized spacial score (nSPS) is 16.1. The molecule has 1 saturated heterocycles. The molecule has 3 N–H and O–H groups in total. The molecule has 4 aromatic rings. The van der Waals surface area contributed by atoms with Crippen LogP contribution in [0.1, 0.15) is 59.7 Å². The fourth-order valence-corrected chi connectivity index (χ4v) is 7.35. The van der Waals surface area contributed by atoms with Crippen molar-refractivity contribution in [3.8, 4) is 28.1 Å². The third-order valence-corrected chi connectivity index (χ3v) is 10.3. The summed E-state index contributed by atoms with van der Waals surface area (Å²) in [4.78, 5) is 36.3. The van der Waals surface area contributed by atoms with E-state index < -0.39 is 18.5 Å². The van der Waals surface area contributed by atoms with Gasteiger partial charge in [0.25, 0.3) is 5.91 Å². The highest BCUT2D eigenvalue weighted by molar-refractivity contribution is 6.39. The lowest BCUT2D eigenvalue weighted by Crippen LogP contribution is -2.35. The second-order valence-corrected chi connectivity index (χ2v) is 13.8. The number of rotatable bonds is 13. The number of carbonyl (C=O) groups excluding carboxylic acids is 2. The summed E-state index contributed by atoms with van der Waals surface area (Å²) >= 11 is 13.9. The molecule has 0 saturated carbocycles. The molecule has 15 heteroatoms. The number of hydrogen-bond acceptors (Lipinski definition) is 7. The van der Waals surface area contributed by atoms with Gasteiger partial charge in [-0.05, 0) is 44.0 Å². The number of anilines is 1. The monoisotopic (exact) mass is 757 g/mol. The van der Waals surface area contributed by atoms with Crippen molar-refractivity contribution in [2.45, 2.75) is 63.8 Å². The summed E-state index contributed by atoms with van der Waals surface area (Å²) in [7, 11) is 3.39. The molecular formula is C37H40Cl2F3N7O3. The Morgan fingerprint density at radius 1 is 1.10 bits per heavy atom. The van der Waals surface area contributed by atoms with Crippen LogP contribution < -0.4 is 20.7 Å². The zero-order valence-corrected chi connectivity index (χ0v) is 30.4. The summed E-state index contributed by atoms with van der Waals surface area (Å²) in [6.07, 6.45) is -0.759. The standard InChI is InChI=1S/C37H40Cl2F3N7O3/c1-48-29-13-17-49(16-4-3-14-37(40,41)42)21-28(29)46-35(48)36(51)47-27-7-5-6-25(32(27)38)26-12-15-44-34(33(26)39)22-8-9-23(30(18-22)52-2)19-43-20-24-10-11-31(50)45-24/h5-9,12,15,18,24,43H,3-4,10-11,13-14,16-17,19-21H2,1-2H3,(H,45,50)(H,47,51)/t24-/m1/s1. The predicted molar refractivity (Wildman–Crippen MR) is 195 cm³/mol. The average Bonchev–Trinajstić information content (AvgIpc) is 3.69. The number of unbranched alkanes of at least 4 members (excludes halogenated alkanes) is 1. The van der Waals surface area contributed by atoms with Crippen LogP contribution in [0.3, 0.4) is 0 Å². The van der Waals surface area contributed by atoms with Crippen molar-refractivity contribution in [2.24, 2.45) is 7.05 Å². The van der Waals surface area contributed by atoms with Crippen molar-refractivity contribution in [3.05, 3.63) is 81.5 Å². The Bertz CT molecular complexity index is 1950. The van der Waals surface area contributed by atoms with Crippen LogP contribution in [0.25, 0.3) is 22.4 Å². The van der Waals surface area contributed by atoms with Crippen LogP contribution in [0, 0.1) is 0 Å². The smallest absolute Gasteiger partial charge is 0.389 e. The number of fused-ring (bicyclic) bond motifs is 1. The van der Waals surface area contributed by atoms with Gasteiger partial charge in [0.1, 0.15) is 5.75 Å². The van der Waals surface area contributed by atoms with E-state index in [9.17, 15) is 22.8 Å². The molecule has 6 rings (SSSR count). The number of nitrogens with one attached hydrogen (secondary N) is 3. The largest absolute Gasteiger partial charge is 0.496 e. The maximum absolute atomic E-state index is 13.5. The van der Waals surface area contributed by atoms with Gasteiger partial charge in [-0.2, -0.15) is 13.2 Å². The number of halogens is 5. The van der Waals surface area contributed by atoms with E-state index in [-0.39, 0.29) is 29.2 Å². The zero-order chi connectivity index (χ0) is 37.0. The molecule has 1 atom stereocenters. The van der Waals surface area contributed by atoms with Crippen molar-refractivity contribution in [1.29, 1.82) is 0 Å². The minimum Gasteiger partial charge on any atom is -0.496 e. The zero-order valence-electron chi connectivity index (χ0n) is 28.9. The van der Waals surface area contributed by atoms with Crippen molar-refractivity contribution < 1.29 is 27.5 Å². The third-order valence-electron chi connectivity index (χ3n) is 9.50. The number of benzene rings is 2. The van der Waals surface area contributed by atoms with Gasteiger partial charge in [-0.3, -0.25) is 19.5 Å². The third kappa shape index (κ3) is 8.71. The topological polar surface area (TPSA) is 113 Å². The SMILES string of the molecule is COc1cc(-c2nccc(-c3cccc(NC(=O)c4nc5c(n4C)CCN(CCCCC(F)(F)F)C5)c3Cl)c2Cl)ccc1CNC[C@H]1CCC(=O)N1. The number of aromatic nitrogens is 3. The average molecular weight is 759 g/mol. The van der Waals surface area contributed by atoms with Crippen molar-refractivity contribution in [1.82, 2.24) is 30.1 Å². The molecule has 276 valence electrons. The van der Waals surface area contributed by atoms with Gasteiger partial charge in [-0.1, -0.05) is 47.5 Å². The lowest BCUT2D eigenvalue weighted by Gasteiger charge is -2.26.